The number of nitrogens with zero attached hydrogens (tertiary/aromatic N) is 2. The molecule has 1 aliphatic rings. The number of carbonyl (C=O) groups excluding carboxylic acids is 2. The molecule has 2 amide bonds. The largest absolute Gasteiger partial charge is 0.372 e. The van der Waals surface area contributed by atoms with Crippen molar-refractivity contribution in [3.8, 4) is 0 Å². The van der Waals surface area contributed by atoms with Gasteiger partial charge in [0.25, 0.3) is 0 Å². The van der Waals surface area contributed by atoms with E-state index in [4.69, 9.17) is 9.47 Å². The van der Waals surface area contributed by atoms with Gasteiger partial charge in [0.05, 0.1) is 6.10 Å². The predicted molar refractivity (Wildman–Crippen MR) is 75.4 cm³/mol. The second-order valence-electron chi connectivity index (χ2n) is 5.17. The van der Waals surface area contributed by atoms with Gasteiger partial charge in [-0.25, -0.2) is 0 Å². The van der Waals surface area contributed by atoms with Gasteiger partial charge in [0.1, 0.15) is 13.2 Å². The Bertz CT molecular complexity index is 312. The lowest BCUT2D eigenvalue weighted by molar-refractivity contribution is -0.145. The fourth-order valence-electron chi connectivity index (χ4n) is 1.93. The molecular weight excluding hydrogens is 260 g/mol. The SMILES string of the molecule is CCCOCC(=O)N1CCN(C(=O)COC(C)C)CC1. The lowest BCUT2D eigenvalue weighted by Crippen LogP contribution is -2.52. The fraction of sp³-hybridized carbons (Fsp3) is 0.857. The van der Waals surface area contributed by atoms with Crippen LogP contribution in [0.3, 0.4) is 0 Å². The van der Waals surface area contributed by atoms with E-state index in [-0.39, 0.29) is 31.1 Å². The number of ether oxygens (including phenoxy) is 2. The highest BCUT2D eigenvalue weighted by atomic mass is 16.5. The number of carbonyl (C=O) groups is 2. The van der Waals surface area contributed by atoms with Gasteiger partial charge in [0.15, 0.2) is 0 Å². The molecule has 0 aromatic carbocycles. The van der Waals surface area contributed by atoms with Crippen LogP contribution in [0.1, 0.15) is 27.2 Å². The topological polar surface area (TPSA) is 59.1 Å². The van der Waals surface area contributed by atoms with Crippen LogP contribution in [-0.4, -0.2) is 73.7 Å². The molecule has 0 atom stereocenters. The predicted octanol–water partition coefficient (Wildman–Crippen LogP) is 0.509. The Kier molecular flexibility index (Phi) is 7.54. The Morgan fingerprint density at radius 2 is 1.50 bits per heavy atom. The molecule has 1 saturated heterocycles. The first kappa shape index (κ1) is 16.9. The zero-order valence-electron chi connectivity index (χ0n) is 12.8. The highest BCUT2D eigenvalue weighted by Crippen LogP contribution is 2.04. The van der Waals surface area contributed by atoms with Crippen LogP contribution >= 0.6 is 0 Å². The lowest BCUT2D eigenvalue weighted by atomic mass is 10.3. The van der Waals surface area contributed by atoms with Gasteiger partial charge < -0.3 is 19.3 Å². The summed E-state index contributed by atoms with van der Waals surface area (Å²) in [5.41, 5.74) is 0. The Labute approximate surface area is 121 Å². The Morgan fingerprint density at radius 3 is 1.95 bits per heavy atom. The van der Waals surface area contributed by atoms with Crippen molar-refractivity contribution in [3.63, 3.8) is 0 Å². The summed E-state index contributed by atoms with van der Waals surface area (Å²) in [6.07, 6.45) is 0.961. The maximum Gasteiger partial charge on any atom is 0.248 e. The van der Waals surface area contributed by atoms with E-state index in [1.807, 2.05) is 20.8 Å². The normalized spacial score (nSPS) is 15.8. The van der Waals surface area contributed by atoms with Gasteiger partial charge in [-0.1, -0.05) is 6.92 Å². The van der Waals surface area contributed by atoms with Crippen molar-refractivity contribution in [3.05, 3.63) is 0 Å². The van der Waals surface area contributed by atoms with Crippen molar-refractivity contribution >= 4 is 11.8 Å². The summed E-state index contributed by atoms with van der Waals surface area (Å²) in [5, 5.41) is 0. The van der Waals surface area contributed by atoms with E-state index < -0.39 is 0 Å². The third-order valence-corrected chi connectivity index (χ3v) is 3.10. The van der Waals surface area contributed by atoms with Crippen molar-refractivity contribution in [2.45, 2.75) is 33.3 Å². The van der Waals surface area contributed by atoms with Crippen molar-refractivity contribution in [1.82, 2.24) is 9.80 Å². The van der Waals surface area contributed by atoms with Crippen molar-refractivity contribution < 1.29 is 19.1 Å². The van der Waals surface area contributed by atoms with Crippen LogP contribution in [0.25, 0.3) is 0 Å². The van der Waals surface area contributed by atoms with E-state index in [1.54, 1.807) is 9.80 Å². The van der Waals surface area contributed by atoms with Gasteiger partial charge >= 0.3 is 0 Å². The second-order valence-corrected chi connectivity index (χ2v) is 5.17. The standard InChI is InChI=1S/C14H26N2O4/c1-4-9-19-10-13(17)15-5-7-16(8-6-15)14(18)11-20-12(2)3/h12H,4-11H2,1-3H3. The van der Waals surface area contributed by atoms with Crippen LogP contribution < -0.4 is 0 Å². The molecule has 1 rings (SSSR count). The Balaban J connectivity index is 2.25. The van der Waals surface area contributed by atoms with Crippen LogP contribution in [-0.2, 0) is 19.1 Å². The fourth-order valence-corrected chi connectivity index (χ4v) is 1.93. The smallest absolute Gasteiger partial charge is 0.248 e. The maximum atomic E-state index is 11.9. The van der Waals surface area contributed by atoms with Crippen LogP contribution in [0.15, 0.2) is 0 Å². The number of hydrogen-bond acceptors (Lipinski definition) is 4. The van der Waals surface area contributed by atoms with E-state index in [0.717, 1.165) is 6.42 Å². The number of piperazine rings is 1. The van der Waals surface area contributed by atoms with Crippen molar-refractivity contribution in [2.24, 2.45) is 0 Å². The third kappa shape index (κ3) is 5.88. The molecule has 0 unspecified atom stereocenters. The molecule has 6 heteroatoms. The molecule has 0 aromatic rings. The van der Waals surface area contributed by atoms with Gasteiger partial charge in [-0.15, -0.1) is 0 Å². The highest BCUT2D eigenvalue weighted by molar-refractivity contribution is 5.79. The molecule has 0 saturated carbocycles. The summed E-state index contributed by atoms with van der Waals surface area (Å²) in [4.78, 5) is 27.2. The molecule has 0 spiro atoms. The third-order valence-electron chi connectivity index (χ3n) is 3.10. The van der Waals surface area contributed by atoms with E-state index >= 15 is 0 Å². The summed E-state index contributed by atoms with van der Waals surface area (Å²) in [5.74, 6) is -0.00277. The zero-order chi connectivity index (χ0) is 15.0. The molecule has 0 radical (unpaired) electrons. The minimum Gasteiger partial charge on any atom is -0.372 e. The molecule has 1 heterocycles. The van der Waals surface area contributed by atoms with Crippen LogP contribution in [0.2, 0.25) is 0 Å². The molecule has 116 valence electrons. The molecule has 1 fully saturated rings. The average molecular weight is 286 g/mol. The molecule has 6 nitrogen and oxygen atoms in total. The molecule has 20 heavy (non-hydrogen) atoms. The van der Waals surface area contributed by atoms with Gasteiger partial charge in [-0.3, -0.25) is 9.59 Å². The molecule has 0 aliphatic carbocycles. The average Bonchev–Trinajstić information content (AvgIpc) is 2.45. The summed E-state index contributed by atoms with van der Waals surface area (Å²) >= 11 is 0. The minimum absolute atomic E-state index is 0.00368. The monoisotopic (exact) mass is 286 g/mol. The van der Waals surface area contributed by atoms with Gasteiger partial charge in [-0.2, -0.15) is 0 Å². The van der Waals surface area contributed by atoms with Crippen molar-refractivity contribution in [2.75, 3.05) is 46.0 Å². The number of hydrogen-bond donors (Lipinski definition) is 0. The van der Waals surface area contributed by atoms with Gasteiger partial charge in [-0.05, 0) is 20.3 Å². The molecule has 1 aliphatic heterocycles. The summed E-state index contributed by atoms with van der Waals surface area (Å²) < 4.78 is 10.6. The van der Waals surface area contributed by atoms with Gasteiger partial charge in [0, 0.05) is 32.8 Å². The lowest BCUT2D eigenvalue weighted by Gasteiger charge is -2.34. The van der Waals surface area contributed by atoms with Gasteiger partial charge in [0.2, 0.25) is 11.8 Å². The minimum atomic E-state index is -0.00645. The van der Waals surface area contributed by atoms with Crippen molar-refractivity contribution in [1.29, 1.82) is 0 Å². The van der Waals surface area contributed by atoms with Crippen LogP contribution in [0.4, 0.5) is 0 Å². The molecule has 0 N–H and O–H groups in total. The second kappa shape index (κ2) is 8.92. The van der Waals surface area contributed by atoms with E-state index in [2.05, 4.69) is 0 Å². The first-order chi connectivity index (χ1) is 9.54. The quantitative estimate of drug-likeness (QED) is 0.640. The first-order valence-corrected chi connectivity index (χ1v) is 7.29. The maximum absolute atomic E-state index is 11.9. The Morgan fingerprint density at radius 1 is 1.00 bits per heavy atom. The summed E-state index contributed by atoms with van der Waals surface area (Å²) in [6, 6.07) is 0. The van der Waals surface area contributed by atoms with E-state index in [9.17, 15) is 9.59 Å². The number of rotatable bonds is 7. The summed E-state index contributed by atoms with van der Waals surface area (Å²) in [7, 11) is 0. The van der Waals surface area contributed by atoms with E-state index in [0.29, 0.717) is 32.8 Å². The molecule has 0 aromatic heterocycles. The van der Waals surface area contributed by atoms with Crippen LogP contribution in [0.5, 0.6) is 0 Å². The van der Waals surface area contributed by atoms with Crippen LogP contribution in [0, 0.1) is 0 Å². The summed E-state index contributed by atoms with van der Waals surface area (Å²) in [6.45, 7) is 8.96. The first-order valence-electron chi connectivity index (χ1n) is 7.29. The molecular formula is C14H26N2O4. The van der Waals surface area contributed by atoms with E-state index in [1.165, 1.54) is 0 Å². The zero-order valence-corrected chi connectivity index (χ0v) is 12.8. The highest BCUT2D eigenvalue weighted by Gasteiger charge is 2.24. The Hall–Kier alpha value is -1.14. The molecule has 0 bridgehead atoms. The number of amides is 2.